The lowest BCUT2D eigenvalue weighted by atomic mass is 10.0. The lowest BCUT2D eigenvalue weighted by Crippen LogP contribution is -2.45. The second-order valence-electron chi connectivity index (χ2n) is 7.05. The van der Waals surface area contributed by atoms with Crippen molar-refractivity contribution in [3.05, 3.63) is 40.9 Å². The normalized spacial score (nSPS) is 18.3. The quantitative estimate of drug-likeness (QED) is 0.864. The fourth-order valence-electron chi connectivity index (χ4n) is 3.29. The number of amides is 1. The Morgan fingerprint density at radius 3 is 2.54 bits per heavy atom. The number of likely N-dealkylation sites (tertiary alicyclic amines) is 1. The Balaban J connectivity index is 1.39. The molecule has 2 heterocycles. The van der Waals surface area contributed by atoms with Gasteiger partial charge in [-0.2, -0.15) is 0 Å². The first-order valence-corrected chi connectivity index (χ1v) is 9.92. The number of carbonyl (C=O) groups is 1. The van der Waals surface area contributed by atoms with Gasteiger partial charge in [-0.15, -0.1) is 11.3 Å². The third kappa shape index (κ3) is 3.78. The van der Waals surface area contributed by atoms with Crippen molar-refractivity contribution >= 4 is 17.2 Å². The summed E-state index contributed by atoms with van der Waals surface area (Å²) in [4.78, 5) is 18.6. The summed E-state index contributed by atoms with van der Waals surface area (Å²) < 4.78 is 27.8. The van der Waals surface area contributed by atoms with Crippen LogP contribution in [-0.2, 0) is 0 Å². The lowest BCUT2D eigenvalue weighted by molar-refractivity contribution is 0.0700. The van der Waals surface area contributed by atoms with Crippen LogP contribution in [0.5, 0.6) is 0 Å². The molecule has 0 atom stereocenters. The fourth-order valence-corrected chi connectivity index (χ4v) is 4.13. The van der Waals surface area contributed by atoms with Gasteiger partial charge in [-0.1, -0.05) is 6.07 Å². The third-order valence-corrected chi connectivity index (χ3v) is 5.93. The number of aromatic nitrogens is 1. The van der Waals surface area contributed by atoms with E-state index in [0.29, 0.717) is 19.1 Å². The van der Waals surface area contributed by atoms with Gasteiger partial charge in [-0.05, 0) is 50.3 Å². The number of benzene rings is 1. The van der Waals surface area contributed by atoms with Gasteiger partial charge in [0.2, 0.25) is 0 Å². The van der Waals surface area contributed by atoms with Gasteiger partial charge >= 0.3 is 0 Å². The van der Waals surface area contributed by atoms with Crippen molar-refractivity contribution in [2.75, 3.05) is 19.6 Å². The highest BCUT2D eigenvalue weighted by molar-refractivity contribution is 7.13. The molecule has 2 aliphatic rings. The Kier molecular flexibility index (Phi) is 5.00. The summed E-state index contributed by atoms with van der Waals surface area (Å²) in [5.74, 6) is -0.645. The molecule has 1 N–H and O–H groups in total. The molecule has 1 aliphatic carbocycles. The van der Waals surface area contributed by atoms with E-state index in [4.69, 9.17) is 0 Å². The monoisotopic (exact) mass is 377 g/mol. The average Bonchev–Trinajstić information content (AvgIpc) is 3.35. The lowest BCUT2D eigenvalue weighted by Gasteiger charge is -2.32. The Hall–Kier alpha value is -1.86. The van der Waals surface area contributed by atoms with E-state index in [1.165, 1.54) is 31.0 Å². The first-order valence-electron chi connectivity index (χ1n) is 9.04. The van der Waals surface area contributed by atoms with Crippen LogP contribution in [0, 0.1) is 17.6 Å². The number of hydrogen-bond acceptors (Lipinski definition) is 4. The third-order valence-electron chi connectivity index (χ3n) is 5.07. The number of hydrogen-bond donors (Lipinski definition) is 1. The predicted molar refractivity (Wildman–Crippen MR) is 97.1 cm³/mol. The van der Waals surface area contributed by atoms with Crippen LogP contribution in [0.3, 0.4) is 0 Å². The summed E-state index contributed by atoms with van der Waals surface area (Å²) in [6.45, 7) is 2.45. The summed E-state index contributed by atoms with van der Waals surface area (Å²) in [5.41, 5.74) is 0.0941. The molecule has 4 nitrogen and oxygen atoms in total. The van der Waals surface area contributed by atoms with E-state index in [1.54, 1.807) is 10.3 Å². The molecule has 1 amide bonds. The second-order valence-corrected chi connectivity index (χ2v) is 7.91. The zero-order chi connectivity index (χ0) is 18.1. The predicted octanol–water partition coefficient (Wildman–Crippen LogP) is 3.69. The van der Waals surface area contributed by atoms with E-state index < -0.39 is 11.6 Å². The van der Waals surface area contributed by atoms with Crippen LogP contribution in [0.15, 0.2) is 23.6 Å². The van der Waals surface area contributed by atoms with Crippen LogP contribution in [0.2, 0.25) is 0 Å². The van der Waals surface area contributed by atoms with Crippen molar-refractivity contribution in [2.24, 2.45) is 5.92 Å². The maximum Gasteiger partial charge on any atom is 0.273 e. The number of carbonyl (C=O) groups excluding carboxylic acids is 1. The highest BCUT2D eigenvalue weighted by Gasteiger charge is 2.27. The van der Waals surface area contributed by atoms with E-state index >= 15 is 0 Å². The molecule has 26 heavy (non-hydrogen) atoms. The number of halogens is 2. The molecular weight excluding hydrogens is 356 g/mol. The van der Waals surface area contributed by atoms with Gasteiger partial charge in [-0.3, -0.25) is 4.79 Å². The summed E-state index contributed by atoms with van der Waals surface area (Å²) in [5, 5.41) is 5.37. The van der Waals surface area contributed by atoms with E-state index in [1.807, 2.05) is 0 Å². The molecule has 1 saturated carbocycles. The highest BCUT2D eigenvalue weighted by atomic mass is 32.1. The van der Waals surface area contributed by atoms with Gasteiger partial charge in [0.15, 0.2) is 0 Å². The molecular formula is C19H21F2N3OS. The molecule has 138 valence electrons. The van der Waals surface area contributed by atoms with Gasteiger partial charge in [-0.25, -0.2) is 13.8 Å². The van der Waals surface area contributed by atoms with E-state index in [2.05, 4.69) is 10.3 Å². The smallest absolute Gasteiger partial charge is 0.273 e. The van der Waals surface area contributed by atoms with Crippen LogP contribution in [0.25, 0.3) is 10.6 Å². The minimum absolute atomic E-state index is 0.162. The van der Waals surface area contributed by atoms with Crippen molar-refractivity contribution in [1.29, 1.82) is 0 Å². The SMILES string of the molecule is O=C(c1csc(-c2c(F)cccc2F)n1)N1CCC(NCC2CC2)CC1. The highest BCUT2D eigenvalue weighted by Crippen LogP contribution is 2.30. The molecule has 1 aromatic heterocycles. The first kappa shape index (κ1) is 17.5. The van der Waals surface area contributed by atoms with Crippen LogP contribution in [0.4, 0.5) is 8.78 Å². The van der Waals surface area contributed by atoms with Crippen molar-refractivity contribution in [1.82, 2.24) is 15.2 Å². The van der Waals surface area contributed by atoms with Crippen LogP contribution in [-0.4, -0.2) is 41.5 Å². The molecule has 1 aliphatic heterocycles. The summed E-state index contributed by atoms with van der Waals surface area (Å²) in [7, 11) is 0. The van der Waals surface area contributed by atoms with E-state index in [-0.39, 0.29) is 22.2 Å². The maximum atomic E-state index is 13.9. The molecule has 0 radical (unpaired) electrons. The van der Waals surface area contributed by atoms with Crippen LogP contribution in [0.1, 0.15) is 36.2 Å². The van der Waals surface area contributed by atoms with Crippen LogP contribution >= 0.6 is 11.3 Å². The molecule has 7 heteroatoms. The van der Waals surface area contributed by atoms with Crippen molar-refractivity contribution in [3.8, 4) is 10.6 Å². The van der Waals surface area contributed by atoms with Crippen molar-refractivity contribution < 1.29 is 13.6 Å². The maximum absolute atomic E-state index is 13.9. The van der Waals surface area contributed by atoms with Gasteiger partial charge < -0.3 is 10.2 Å². The number of nitrogens with zero attached hydrogens (tertiary/aromatic N) is 2. The number of nitrogens with one attached hydrogen (secondary N) is 1. The van der Waals surface area contributed by atoms with Crippen molar-refractivity contribution in [3.63, 3.8) is 0 Å². The Labute approximate surface area is 155 Å². The number of thiazole rings is 1. The minimum Gasteiger partial charge on any atom is -0.337 e. The van der Waals surface area contributed by atoms with Gasteiger partial charge in [0.05, 0.1) is 5.56 Å². The standard InChI is InChI=1S/C19H21F2N3OS/c20-14-2-1-3-15(21)17(14)18-23-16(11-26-18)19(25)24-8-6-13(7-9-24)22-10-12-4-5-12/h1-3,11-13,22H,4-10H2. The number of rotatable bonds is 5. The zero-order valence-electron chi connectivity index (χ0n) is 14.4. The van der Waals surface area contributed by atoms with E-state index in [9.17, 15) is 13.6 Å². The van der Waals surface area contributed by atoms with Gasteiger partial charge in [0.1, 0.15) is 22.3 Å². The molecule has 1 saturated heterocycles. The Morgan fingerprint density at radius 2 is 1.88 bits per heavy atom. The first-order chi connectivity index (χ1) is 12.6. The summed E-state index contributed by atoms with van der Waals surface area (Å²) in [6, 6.07) is 4.18. The molecule has 4 rings (SSSR count). The molecule has 1 aromatic carbocycles. The Bertz CT molecular complexity index is 778. The van der Waals surface area contributed by atoms with Gasteiger partial charge in [0.25, 0.3) is 5.91 Å². The number of piperidine rings is 1. The largest absolute Gasteiger partial charge is 0.337 e. The van der Waals surface area contributed by atoms with Crippen molar-refractivity contribution in [2.45, 2.75) is 31.7 Å². The van der Waals surface area contributed by atoms with Crippen LogP contribution < -0.4 is 5.32 Å². The second kappa shape index (κ2) is 7.40. The molecule has 0 unspecified atom stereocenters. The van der Waals surface area contributed by atoms with Gasteiger partial charge in [0, 0.05) is 24.5 Å². The molecule has 0 bridgehead atoms. The molecule has 2 aromatic rings. The summed E-state index contributed by atoms with van der Waals surface area (Å²) >= 11 is 1.09. The van der Waals surface area contributed by atoms with E-state index in [0.717, 1.165) is 36.6 Å². The topological polar surface area (TPSA) is 45.2 Å². The molecule has 2 fully saturated rings. The zero-order valence-corrected chi connectivity index (χ0v) is 15.2. The molecule has 0 spiro atoms. The Morgan fingerprint density at radius 1 is 1.19 bits per heavy atom. The summed E-state index contributed by atoms with van der Waals surface area (Å²) in [6.07, 6.45) is 4.52. The minimum atomic E-state index is -0.666. The fraction of sp³-hybridized carbons (Fsp3) is 0.474. The average molecular weight is 377 g/mol.